The number of hydrogen-bond acceptors (Lipinski definition) is 7. The second-order valence-electron chi connectivity index (χ2n) is 9.51. The molecule has 0 saturated heterocycles. The molecule has 0 spiro atoms. The van der Waals surface area contributed by atoms with Gasteiger partial charge in [0.05, 0.1) is 18.2 Å². The Labute approximate surface area is 211 Å². The second kappa shape index (κ2) is 7.70. The number of halogens is 1. The Hall–Kier alpha value is -4.10. The van der Waals surface area contributed by atoms with Crippen molar-refractivity contribution < 1.29 is 35.1 Å². The number of rotatable bonds is 2. The number of ether oxygens (including phenoxy) is 1. The molecule has 0 radical (unpaired) electrons. The molecule has 7 nitrogen and oxygen atoms in total. The lowest BCUT2D eigenvalue weighted by Gasteiger charge is -2.35. The summed E-state index contributed by atoms with van der Waals surface area (Å²) in [5.41, 5.74) is 1.00. The van der Waals surface area contributed by atoms with Crippen LogP contribution < -0.4 is 4.74 Å². The minimum Gasteiger partial charge on any atom is -0.508 e. The Morgan fingerprint density at radius 3 is 2.08 bits per heavy atom. The van der Waals surface area contributed by atoms with Gasteiger partial charge in [-0.1, -0.05) is 25.4 Å². The van der Waals surface area contributed by atoms with Gasteiger partial charge in [-0.25, -0.2) is 0 Å². The monoisotopic (exact) mass is 506 g/mol. The molecule has 0 heterocycles. The molecule has 5 rings (SSSR count). The fourth-order valence-electron chi connectivity index (χ4n) is 5.26. The summed E-state index contributed by atoms with van der Waals surface area (Å²) in [6.45, 7) is 5.33. The molecule has 184 valence electrons. The van der Waals surface area contributed by atoms with E-state index in [1.54, 1.807) is 32.9 Å². The number of hydrogen-bond donors (Lipinski definition) is 5. The molecule has 0 aromatic heterocycles. The van der Waals surface area contributed by atoms with Crippen LogP contribution in [-0.4, -0.2) is 38.4 Å². The highest BCUT2D eigenvalue weighted by atomic mass is 35.5. The SMILES string of the molecule is COc1cc(C)c(-c2cc(O)cc3cc4c(c(O)c23)C(=O)c2c(cc(O)c(Cl)c2O)C4(C)C)c(O)c1. The number of phenols is 5. The van der Waals surface area contributed by atoms with Crippen LogP contribution in [0.5, 0.6) is 34.5 Å². The van der Waals surface area contributed by atoms with Gasteiger partial charge < -0.3 is 30.3 Å². The summed E-state index contributed by atoms with van der Waals surface area (Å²) >= 11 is 6.04. The van der Waals surface area contributed by atoms with Crippen LogP contribution >= 0.6 is 11.6 Å². The number of ketones is 1. The molecule has 0 atom stereocenters. The summed E-state index contributed by atoms with van der Waals surface area (Å²) < 4.78 is 5.22. The Morgan fingerprint density at radius 1 is 0.806 bits per heavy atom. The molecule has 8 heteroatoms. The van der Waals surface area contributed by atoms with E-state index in [9.17, 15) is 30.3 Å². The highest BCUT2D eigenvalue weighted by Crippen LogP contribution is 2.53. The van der Waals surface area contributed by atoms with E-state index < -0.39 is 16.9 Å². The van der Waals surface area contributed by atoms with Crippen LogP contribution in [0.1, 0.15) is 46.5 Å². The number of aryl methyl sites for hydroxylation is 1. The van der Waals surface area contributed by atoms with Gasteiger partial charge in [-0.2, -0.15) is 0 Å². The van der Waals surface area contributed by atoms with E-state index in [2.05, 4.69) is 0 Å². The first kappa shape index (κ1) is 23.6. The van der Waals surface area contributed by atoms with Gasteiger partial charge in [-0.05, 0) is 59.3 Å². The normalized spacial score (nSPS) is 14.0. The maximum absolute atomic E-state index is 13.7. The molecule has 4 aromatic carbocycles. The number of carbonyl (C=O) groups is 1. The number of phenolic OH excluding ortho intramolecular Hbond substituents is 5. The Kier molecular flexibility index (Phi) is 5.05. The largest absolute Gasteiger partial charge is 0.508 e. The summed E-state index contributed by atoms with van der Waals surface area (Å²) in [5, 5.41) is 54.2. The number of fused-ring (bicyclic) bond motifs is 3. The zero-order valence-corrected chi connectivity index (χ0v) is 20.7. The fraction of sp³-hybridized carbons (Fsp3) is 0.179. The molecule has 0 amide bonds. The van der Waals surface area contributed by atoms with Crippen molar-refractivity contribution in [3.63, 3.8) is 0 Å². The van der Waals surface area contributed by atoms with Gasteiger partial charge in [0.2, 0.25) is 5.78 Å². The first-order chi connectivity index (χ1) is 16.9. The number of aromatic hydroxyl groups is 5. The van der Waals surface area contributed by atoms with Crippen LogP contribution in [0.3, 0.4) is 0 Å². The lowest BCUT2D eigenvalue weighted by atomic mass is 9.67. The van der Waals surface area contributed by atoms with Crippen molar-refractivity contribution in [2.75, 3.05) is 7.11 Å². The Balaban J connectivity index is 1.91. The third-order valence-electron chi connectivity index (χ3n) is 7.01. The third-order valence-corrected chi connectivity index (χ3v) is 7.38. The maximum atomic E-state index is 13.7. The zero-order chi connectivity index (χ0) is 26.3. The molecule has 0 unspecified atom stereocenters. The summed E-state index contributed by atoms with van der Waals surface area (Å²) in [6, 6.07) is 9.02. The average Bonchev–Trinajstić information content (AvgIpc) is 2.80. The van der Waals surface area contributed by atoms with Crippen LogP contribution in [-0.2, 0) is 5.41 Å². The van der Waals surface area contributed by atoms with E-state index in [0.29, 0.717) is 39.0 Å². The number of benzene rings is 4. The fourth-order valence-corrected chi connectivity index (χ4v) is 5.40. The van der Waals surface area contributed by atoms with Crippen molar-refractivity contribution in [3.05, 3.63) is 69.2 Å². The first-order valence-electron chi connectivity index (χ1n) is 11.1. The van der Waals surface area contributed by atoms with Gasteiger partial charge in [0.25, 0.3) is 0 Å². The first-order valence-corrected chi connectivity index (χ1v) is 11.5. The van der Waals surface area contributed by atoms with E-state index >= 15 is 0 Å². The second-order valence-corrected chi connectivity index (χ2v) is 9.89. The van der Waals surface area contributed by atoms with E-state index in [4.69, 9.17) is 16.3 Å². The van der Waals surface area contributed by atoms with Crippen molar-refractivity contribution in [1.29, 1.82) is 0 Å². The summed E-state index contributed by atoms with van der Waals surface area (Å²) in [7, 11) is 1.47. The van der Waals surface area contributed by atoms with E-state index in [0.717, 1.165) is 0 Å². The quantitative estimate of drug-likeness (QED) is 0.230. The third kappa shape index (κ3) is 3.09. The zero-order valence-electron chi connectivity index (χ0n) is 19.9. The van der Waals surface area contributed by atoms with Crippen molar-refractivity contribution in [2.24, 2.45) is 0 Å². The molecule has 36 heavy (non-hydrogen) atoms. The average molecular weight is 507 g/mol. The summed E-state index contributed by atoms with van der Waals surface area (Å²) in [6.07, 6.45) is 0. The lowest BCUT2D eigenvalue weighted by Crippen LogP contribution is -2.30. The molecular weight excluding hydrogens is 484 g/mol. The topological polar surface area (TPSA) is 127 Å². The molecule has 4 aromatic rings. The Bertz CT molecular complexity index is 1610. The van der Waals surface area contributed by atoms with E-state index in [-0.39, 0.29) is 44.5 Å². The minimum atomic E-state index is -0.937. The predicted molar refractivity (Wildman–Crippen MR) is 136 cm³/mol. The van der Waals surface area contributed by atoms with Crippen LogP contribution in [0, 0.1) is 6.92 Å². The molecule has 0 saturated carbocycles. The van der Waals surface area contributed by atoms with Crippen LogP contribution in [0.2, 0.25) is 5.02 Å². The molecular formula is C28H23ClO7. The number of carbonyl (C=O) groups excluding carboxylic acids is 1. The van der Waals surface area contributed by atoms with Crippen molar-refractivity contribution >= 4 is 28.2 Å². The summed E-state index contributed by atoms with van der Waals surface area (Å²) in [5.74, 6) is -1.75. The standard InChI is InChI=1S/C28H23ClO7/c1-11-5-14(36-4)9-18(31)20(11)15-8-13(30)6-12-7-16-22(25(33)21(12)15)26(34)23-17(28(16,2)3)10-19(32)24(29)27(23)35/h5-10,30-33,35H,1-4H3. The van der Waals surface area contributed by atoms with Gasteiger partial charge >= 0.3 is 0 Å². The van der Waals surface area contributed by atoms with Crippen LogP contribution in [0.4, 0.5) is 0 Å². The minimum absolute atomic E-state index is 0.0327. The molecule has 0 aliphatic heterocycles. The Morgan fingerprint density at radius 2 is 1.44 bits per heavy atom. The molecule has 0 bridgehead atoms. The highest BCUT2D eigenvalue weighted by molar-refractivity contribution is 6.35. The van der Waals surface area contributed by atoms with Gasteiger partial charge in [0, 0.05) is 28.0 Å². The van der Waals surface area contributed by atoms with Crippen molar-refractivity contribution in [2.45, 2.75) is 26.2 Å². The van der Waals surface area contributed by atoms with E-state index in [1.165, 1.54) is 31.4 Å². The van der Waals surface area contributed by atoms with Crippen molar-refractivity contribution in [1.82, 2.24) is 0 Å². The van der Waals surface area contributed by atoms with Crippen LogP contribution in [0.25, 0.3) is 21.9 Å². The van der Waals surface area contributed by atoms with Crippen LogP contribution in [0.15, 0.2) is 36.4 Å². The predicted octanol–water partition coefficient (Wildman–Crippen LogP) is 5.88. The van der Waals surface area contributed by atoms with Gasteiger partial charge in [0.15, 0.2) is 0 Å². The molecule has 0 fully saturated rings. The maximum Gasteiger partial charge on any atom is 0.201 e. The lowest BCUT2D eigenvalue weighted by molar-refractivity contribution is 0.102. The van der Waals surface area contributed by atoms with Gasteiger partial charge in [-0.15, -0.1) is 0 Å². The number of methoxy groups -OCH3 is 1. The summed E-state index contributed by atoms with van der Waals surface area (Å²) in [4.78, 5) is 13.7. The molecule has 1 aliphatic carbocycles. The van der Waals surface area contributed by atoms with Gasteiger partial charge in [0.1, 0.15) is 39.5 Å². The molecule has 5 N–H and O–H groups in total. The highest BCUT2D eigenvalue weighted by Gasteiger charge is 2.42. The smallest absolute Gasteiger partial charge is 0.201 e. The van der Waals surface area contributed by atoms with E-state index in [1.807, 2.05) is 0 Å². The molecule has 1 aliphatic rings. The van der Waals surface area contributed by atoms with Gasteiger partial charge in [-0.3, -0.25) is 4.79 Å². The van der Waals surface area contributed by atoms with Crippen molar-refractivity contribution in [3.8, 4) is 45.6 Å².